The minimum Gasteiger partial charge on any atom is -0.497 e. The number of aromatic nitrogens is 2. The molecule has 0 fully saturated rings. The van der Waals surface area contributed by atoms with Gasteiger partial charge in [0.25, 0.3) is 5.89 Å². The molecular formula is C23H24N4O3S. The Labute approximate surface area is 185 Å². The van der Waals surface area contributed by atoms with Crippen LogP contribution in [0, 0.1) is 0 Å². The fraction of sp³-hybridized carbons (Fsp3) is 0.261. The average Bonchev–Trinajstić information content (AvgIpc) is 3.29. The van der Waals surface area contributed by atoms with Gasteiger partial charge in [0.05, 0.1) is 18.7 Å². The highest BCUT2D eigenvalue weighted by molar-refractivity contribution is 7.98. The molecule has 7 nitrogen and oxygen atoms in total. The molecule has 2 aromatic carbocycles. The van der Waals surface area contributed by atoms with E-state index >= 15 is 0 Å². The zero-order valence-corrected chi connectivity index (χ0v) is 18.7. The van der Waals surface area contributed by atoms with E-state index in [-0.39, 0.29) is 12.1 Å². The summed E-state index contributed by atoms with van der Waals surface area (Å²) in [6.07, 6.45) is 2.03. The van der Waals surface area contributed by atoms with Crippen LogP contribution in [0.25, 0.3) is 17.0 Å². The maximum absolute atomic E-state index is 12.7. The zero-order valence-electron chi connectivity index (χ0n) is 17.9. The number of ether oxygens (including phenoxy) is 1. The molecule has 2 amide bonds. The molecular weight excluding hydrogens is 412 g/mol. The van der Waals surface area contributed by atoms with Gasteiger partial charge in [0.15, 0.2) is 0 Å². The third-order valence-electron chi connectivity index (χ3n) is 5.37. The van der Waals surface area contributed by atoms with Crippen LogP contribution >= 0.6 is 11.8 Å². The van der Waals surface area contributed by atoms with Crippen LogP contribution in [0.4, 0.5) is 4.79 Å². The van der Waals surface area contributed by atoms with Crippen LogP contribution in [0.1, 0.15) is 31.3 Å². The third kappa shape index (κ3) is 4.03. The van der Waals surface area contributed by atoms with Gasteiger partial charge in [-0.2, -0.15) is 4.98 Å². The maximum Gasteiger partial charge on any atom is 0.322 e. The number of nitrogens with zero attached hydrogens (tertiary/aromatic N) is 3. The van der Waals surface area contributed by atoms with Crippen LogP contribution < -0.4 is 10.1 Å². The van der Waals surface area contributed by atoms with Gasteiger partial charge in [-0.1, -0.05) is 17.3 Å². The van der Waals surface area contributed by atoms with E-state index < -0.39 is 0 Å². The van der Waals surface area contributed by atoms with Crippen molar-refractivity contribution < 1.29 is 14.1 Å². The summed E-state index contributed by atoms with van der Waals surface area (Å²) >= 11 is 1.67. The zero-order chi connectivity index (χ0) is 22.0. The lowest BCUT2D eigenvalue weighted by Crippen LogP contribution is -2.45. The van der Waals surface area contributed by atoms with Gasteiger partial charge in [-0.25, -0.2) is 4.79 Å². The van der Waals surface area contributed by atoms with E-state index in [9.17, 15) is 4.79 Å². The number of thioether (sulfide) groups is 1. The number of nitrogens with one attached hydrogen (secondary N) is 1. The molecule has 3 aromatic rings. The van der Waals surface area contributed by atoms with Gasteiger partial charge < -0.3 is 14.6 Å². The van der Waals surface area contributed by atoms with Gasteiger partial charge in [0.2, 0.25) is 5.82 Å². The molecule has 0 aliphatic carbocycles. The number of urea groups is 1. The second-order valence-corrected chi connectivity index (χ2v) is 7.93. The van der Waals surface area contributed by atoms with Crippen molar-refractivity contribution in [3.05, 3.63) is 65.7 Å². The smallest absolute Gasteiger partial charge is 0.322 e. The first kappa shape index (κ1) is 21.0. The molecule has 1 aliphatic heterocycles. The Balaban J connectivity index is 1.76. The predicted molar refractivity (Wildman–Crippen MR) is 121 cm³/mol. The lowest BCUT2D eigenvalue weighted by molar-refractivity contribution is 0.207. The maximum atomic E-state index is 12.7. The monoisotopic (exact) mass is 436 g/mol. The van der Waals surface area contributed by atoms with Crippen LogP contribution in [0.2, 0.25) is 0 Å². The Kier molecular flexibility index (Phi) is 5.99. The van der Waals surface area contributed by atoms with Crippen molar-refractivity contribution in [2.24, 2.45) is 0 Å². The molecule has 31 heavy (non-hydrogen) atoms. The molecule has 4 rings (SSSR count). The van der Waals surface area contributed by atoms with Gasteiger partial charge >= 0.3 is 6.03 Å². The first-order valence-electron chi connectivity index (χ1n) is 9.97. The summed E-state index contributed by atoms with van der Waals surface area (Å²) in [6, 6.07) is 15.1. The van der Waals surface area contributed by atoms with Crippen molar-refractivity contribution in [3.63, 3.8) is 0 Å². The quantitative estimate of drug-likeness (QED) is 0.549. The molecule has 160 valence electrons. The Morgan fingerprint density at radius 2 is 1.87 bits per heavy atom. The summed E-state index contributed by atoms with van der Waals surface area (Å²) in [6.45, 7) is 4.39. The van der Waals surface area contributed by atoms with E-state index in [1.165, 1.54) is 0 Å². The van der Waals surface area contributed by atoms with E-state index in [1.54, 1.807) is 23.8 Å². The molecule has 0 saturated heterocycles. The molecule has 8 heteroatoms. The van der Waals surface area contributed by atoms with Crippen LogP contribution in [0.3, 0.4) is 0 Å². The van der Waals surface area contributed by atoms with Crippen molar-refractivity contribution >= 4 is 23.4 Å². The van der Waals surface area contributed by atoms with Crippen molar-refractivity contribution in [1.82, 2.24) is 20.4 Å². The van der Waals surface area contributed by atoms with Crippen molar-refractivity contribution in [2.75, 3.05) is 19.9 Å². The number of allylic oxidation sites excluding steroid dienone is 1. The average molecular weight is 437 g/mol. The number of carbonyl (C=O) groups is 1. The molecule has 1 aromatic heterocycles. The number of benzene rings is 2. The second kappa shape index (κ2) is 8.85. The van der Waals surface area contributed by atoms with Gasteiger partial charge in [-0.3, -0.25) is 4.90 Å². The van der Waals surface area contributed by atoms with Crippen LogP contribution in [0.15, 0.2) is 63.6 Å². The minimum absolute atomic E-state index is 0.141. The van der Waals surface area contributed by atoms with E-state index in [0.717, 1.165) is 33.0 Å². The van der Waals surface area contributed by atoms with Gasteiger partial charge in [0, 0.05) is 22.7 Å². The molecule has 0 spiro atoms. The summed E-state index contributed by atoms with van der Waals surface area (Å²) in [5.74, 6) is 1.63. The highest BCUT2D eigenvalue weighted by Gasteiger charge is 2.35. The number of hydrogen-bond donors (Lipinski definition) is 1. The Morgan fingerprint density at radius 1 is 1.16 bits per heavy atom. The molecule has 1 N–H and O–H groups in total. The van der Waals surface area contributed by atoms with Crippen LogP contribution in [-0.4, -0.2) is 41.0 Å². The van der Waals surface area contributed by atoms with E-state index in [1.807, 2.05) is 68.6 Å². The first-order chi connectivity index (χ1) is 15.0. The predicted octanol–water partition coefficient (Wildman–Crippen LogP) is 4.98. The van der Waals surface area contributed by atoms with Crippen molar-refractivity contribution in [3.8, 4) is 17.1 Å². The fourth-order valence-electron chi connectivity index (χ4n) is 3.68. The summed E-state index contributed by atoms with van der Waals surface area (Å²) in [5, 5.41) is 7.27. The third-order valence-corrected chi connectivity index (χ3v) is 6.11. The number of carbonyl (C=O) groups excluding carboxylic acids is 1. The lowest BCUT2D eigenvalue weighted by Gasteiger charge is -2.34. The first-order valence-corrected chi connectivity index (χ1v) is 11.2. The number of rotatable bonds is 6. The summed E-state index contributed by atoms with van der Waals surface area (Å²) in [5.41, 5.74) is 3.38. The molecule has 1 aliphatic rings. The second-order valence-electron chi connectivity index (χ2n) is 7.05. The summed E-state index contributed by atoms with van der Waals surface area (Å²) in [4.78, 5) is 20.2. The van der Waals surface area contributed by atoms with Crippen molar-refractivity contribution in [2.45, 2.75) is 24.8 Å². The van der Waals surface area contributed by atoms with Crippen molar-refractivity contribution in [1.29, 1.82) is 0 Å². The Morgan fingerprint density at radius 3 is 2.48 bits per heavy atom. The fourth-order valence-corrected chi connectivity index (χ4v) is 4.08. The van der Waals surface area contributed by atoms with E-state index in [4.69, 9.17) is 9.26 Å². The number of methoxy groups -OCH3 is 1. The SMILES string of the molecule is CCN1C(=O)NC(c2ccc(SC)cc2)C(c2nc(-c3ccc(OC)cc3)no2)=C1C. The normalized spacial score (nSPS) is 16.5. The topological polar surface area (TPSA) is 80.5 Å². The van der Waals surface area contributed by atoms with Crippen LogP contribution in [0.5, 0.6) is 5.75 Å². The standard InChI is InChI=1S/C23H24N4O3S/c1-5-27-14(2)19(20(24-23(27)28)15-8-12-18(31-4)13-9-15)22-25-21(26-30-22)16-6-10-17(29-3)11-7-16/h6-13,20H,5H2,1-4H3,(H,24,28). The lowest BCUT2D eigenvalue weighted by atomic mass is 9.95. The minimum atomic E-state index is -0.379. The molecule has 1 atom stereocenters. The summed E-state index contributed by atoms with van der Waals surface area (Å²) in [7, 11) is 1.62. The largest absolute Gasteiger partial charge is 0.497 e. The Bertz CT molecular complexity index is 1110. The van der Waals surface area contributed by atoms with E-state index in [0.29, 0.717) is 18.3 Å². The van der Waals surface area contributed by atoms with Gasteiger partial charge in [0.1, 0.15) is 5.75 Å². The molecule has 0 radical (unpaired) electrons. The summed E-state index contributed by atoms with van der Waals surface area (Å²) < 4.78 is 10.9. The van der Waals surface area contributed by atoms with Gasteiger partial charge in [-0.05, 0) is 62.1 Å². The number of hydrogen-bond acceptors (Lipinski definition) is 6. The highest BCUT2D eigenvalue weighted by Crippen LogP contribution is 2.37. The van der Waals surface area contributed by atoms with Gasteiger partial charge in [-0.15, -0.1) is 11.8 Å². The van der Waals surface area contributed by atoms with Crippen LogP contribution in [-0.2, 0) is 0 Å². The molecule has 0 bridgehead atoms. The Hall–Kier alpha value is -3.26. The molecule has 2 heterocycles. The highest BCUT2D eigenvalue weighted by atomic mass is 32.2. The van der Waals surface area contributed by atoms with E-state index in [2.05, 4.69) is 15.5 Å². The molecule has 1 unspecified atom stereocenters. The molecule has 0 saturated carbocycles. The number of amides is 2.